The van der Waals surface area contributed by atoms with E-state index < -0.39 is 0 Å². The van der Waals surface area contributed by atoms with Gasteiger partial charge in [-0.2, -0.15) is 0 Å². The molecule has 0 aromatic heterocycles. The Balaban J connectivity index is 1.97. The molecule has 2 heteroatoms. The molecule has 0 aliphatic heterocycles. The molecule has 0 heterocycles. The predicted molar refractivity (Wildman–Crippen MR) is 20.7 cm³/mol. The van der Waals surface area contributed by atoms with Crippen LogP contribution in [0.3, 0.4) is 0 Å². The summed E-state index contributed by atoms with van der Waals surface area (Å²) in [7, 11) is 0. The summed E-state index contributed by atoms with van der Waals surface area (Å²) in [5, 5.41) is 0. The zero-order chi connectivity index (χ0) is 3.41. The van der Waals surface area contributed by atoms with Crippen molar-refractivity contribution < 1.29 is 0 Å². The summed E-state index contributed by atoms with van der Waals surface area (Å²) in [6, 6.07) is 0. The number of hydrogen-bond acceptors (Lipinski definition) is 1. The van der Waals surface area contributed by atoms with Crippen LogP contribution in [0, 0.1) is 0 Å². The molecule has 24 valence electrons. The quantitative estimate of drug-likeness (QED) is 0.526. The van der Waals surface area contributed by atoms with Crippen molar-refractivity contribution in [3.8, 4) is 0 Å². The Labute approximate surface area is 36.8 Å². The summed E-state index contributed by atoms with van der Waals surface area (Å²) in [6.07, 6.45) is 0. The van der Waals surface area contributed by atoms with Gasteiger partial charge in [-0.25, -0.2) is 0 Å². The molecule has 0 saturated carbocycles. The fraction of sp³-hybridized carbons (Fsp3) is 1.00. The van der Waals surface area contributed by atoms with Crippen LogP contribution in [-0.4, -0.2) is 25.7 Å². The Morgan fingerprint density at radius 3 is 2.25 bits per heavy atom. The topological polar surface area (TPSA) is 26.0 Å². The van der Waals surface area contributed by atoms with Crippen molar-refractivity contribution in [1.82, 2.24) is 0 Å². The van der Waals surface area contributed by atoms with Gasteiger partial charge >= 0.3 is 36.4 Å². The first kappa shape index (κ1) is 4.76. The molecular formula is C2H7NSn. The zero-order valence-corrected chi connectivity index (χ0v) is 5.64. The van der Waals surface area contributed by atoms with Crippen LogP contribution in [0.2, 0.25) is 4.94 Å². The Bertz CT molecular complexity index is 8.00. The van der Waals surface area contributed by atoms with E-state index in [0.717, 1.165) is 4.56 Å². The van der Waals surface area contributed by atoms with Crippen LogP contribution in [0.1, 0.15) is 0 Å². The molecule has 0 aliphatic carbocycles. The van der Waals surface area contributed by atoms with Gasteiger partial charge in [-0.1, -0.05) is 0 Å². The third-order valence-corrected chi connectivity index (χ3v) is 1.37. The van der Waals surface area contributed by atoms with Crippen LogP contribution < -0.4 is 5.73 Å². The van der Waals surface area contributed by atoms with Gasteiger partial charge in [0.1, 0.15) is 0 Å². The SMILES string of the molecule is [CH3][Sn][CH2]N. The van der Waals surface area contributed by atoms with E-state index in [9.17, 15) is 0 Å². The molecule has 0 amide bonds. The molecule has 0 spiro atoms. The van der Waals surface area contributed by atoms with Crippen LogP contribution in [0.5, 0.6) is 0 Å². The van der Waals surface area contributed by atoms with Gasteiger partial charge in [0.15, 0.2) is 0 Å². The molecule has 0 saturated heterocycles. The predicted octanol–water partition coefficient (Wildman–Crippen LogP) is -0.345. The van der Waals surface area contributed by atoms with Crippen LogP contribution in [0.15, 0.2) is 0 Å². The van der Waals surface area contributed by atoms with Crippen molar-refractivity contribution in [2.45, 2.75) is 4.94 Å². The van der Waals surface area contributed by atoms with Crippen molar-refractivity contribution >= 4 is 21.1 Å². The molecule has 0 aromatic carbocycles. The van der Waals surface area contributed by atoms with Crippen molar-refractivity contribution in [3.05, 3.63) is 0 Å². The minimum absolute atomic E-state index is 0.00167. The maximum absolute atomic E-state index is 5.10. The van der Waals surface area contributed by atoms with Gasteiger partial charge < -0.3 is 0 Å². The van der Waals surface area contributed by atoms with Gasteiger partial charge in [-0.3, -0.25) is 0 Å². The molecule has 0 atom stereocenters. The summed E-state index contributed by atoms with van der Waals surface area (Å²) in [5.74, 6) is 0. The maximum atomic E-state index is 5.10. The molecule has 4 heavy (non-hydrogen) atoms. The van der Waals surface area contributed by atoms with Crippen molar-refractivity contribution in [1.29, 1.82) is 0 Å². The summed E-state index contributed by atoms with van der Waals surface area (Å²) in [4.78, 5) is 2.23. The first-order valence-electron chi connectivity index (χ1n) is 1.26. The first-order valence-corrected chi connectivity index (χ1v) is 6.13. The van der Waals surface area contributed by atoms with E-state index in [1.54, 1.807) is 0 Å². The van der Waals surface area contributed by atoms with E-state index in [2.05, 4.69) is 4.94 Å². The Morgan fingerprint density at radius 1 is 2.00 bits per heavy atom. The second-order valence-electron chi connectivity index (χ2n) is 0.558. The number of nitrogens with two attached hydrogens (primary N) is 1. The second-order valence-corrected chi connectivity index (χ2v) is 3.74. The molecule has 0 bridgehead atoms. The monoisotopic (exact) mass is 165 g/mol. The van der Waals surface area contributed by atoms with Gasteiger partial charge in [0, 0.05) is 0 Å². The van der Waals surface area contributed by atoms with E-state index in [1.807, 2.05) is 0 Å². The molecular weight excluding hydrogens is 157 g/mol. The average molecular weight is 164 g/mol. The van der Waals surface area contributed by atoms with Gasteiger partial charge in [-0.05, 0) is 0 Å². The molecule has 0 fully saturated rings. The van der Waals surface area contributed by atoms with Gasteiger partial charge in [0.2, 0.25) is 0 Å². The van der Waals surface area contributed by atoms with Crippen LogP contribution in [0.4, 0.5) is 0 Å². The molecule has 2 N–H and O–H groups in total. The standard InChI is InChI=1S/CH4N.CH3.Sn/c1-2;;/h1-2H2;1H3;. The fourth-order valence-electron chi connectivity index (χ4n) is 0. The third kappa shape index (κ3) is 2.76. The van der Waals surface area contributed by atoms with Crippen LogP contribution in [0.25, 0.3) is 0 Å². The van der Waals surface area contributed by atoms with Gasteiger partial charge in [-0.15, -0.1) is 0 Å². The molecule has 0 unspecified atom stereocenters. The minimum atomic E-state index is 0.00167. The summed E-state index contributed by atoms with van der Waals surface area (Å²) in [5.41, 5.74) is 5.10. The normalized spacial score (nSPS) is 7.50. The summed E-state index contributed by atoms with van der Waals surface area (Å²) < 4.78 is 0.989. The fourth-order valence-corrected chi connectivity index (χ4v) is 0. The molecule has 2 radical (unpaired) electrons. The Kier molecular flexibility index (Phi) is 4.47. The second kappa shape index (κ2) is 3.76. The van der Waals surface area contributed by atoms with E-state index >= 15 is 0 Å². The van der Waals surface area contributed by atoms with E-state index in [-0.39, 0.29) is 21.1 Å². The van der Waals surface area contributed by atoms with Crippen molar-refractivity contribution in [2.24, 2.45) is 5.73 Å². The van der Waals surface area contributed by atoms with Gasteiger partial charge in [0.25, 0.3) is 0 Å². The Morgan fingerprint density at radius 2 is 2.25 bits per heavy atom. The van der Waals surface area contributed by atoms with Crippen molar-refractivity contribution in [2.75, 3.05) is 4.56 Å². The molecule has 0 aromatic rings. The van der Waals surface area contributed by atoms with Crippen molar-refractivity contribution in [3.63, 3.8) is 0 Å². The van der Waals surface area contributed by atoms with E-state index in [0.29, 0.717) is 0 Å². The number of hydrogen-bond donors (Lipinski definition) is 1. The third-order valence-electron chi connectivity index (χ3n) is 0.204. The summed E-state index contributed by atoms with van der Waals surface area (Å²) >= 11 is 0.00167. The van der Waals surface area contributed by atoms with E-state index in [4.69, 9.17) is 5.73 Å². The Hall–Kier alpha value is 0.759. The van der Waals surface area contributed by atoms with Crippen LogP contribution >= 0.6 is 0 Å². The van der Waals surface area contributed by atoms with E-state index in [1.165, 1.54) is 0 Å². The molecule has 0 aliphatic rings. The molecule has 0 rings (SSSR count). The number of rotatable bonds is 1. The average Bonchev–Trinajstić information content (AvgIpc) is 1.37. The molecule has 1 nitrogen and oxygen atoms in total. The summed E-state index contributed by atoms with van der Waals surface area (Å²) in [6.45, 7) is 0. The zero-order valence-electron chi connectivity index (χ0n) is 2.78. The first-order chi connectivity index (χ1) is 1.91. The van der Waals surface area contributed by atoms with Gasteiger partial charge in [0.05, 0.1) is 0 Å². The van der Waals surface area contributed by atoms with Crippen LogP contribution in [-0.2, 0) is 0 Å².